The van der Waals surface area contributed by atoms with Gasteiger partial charge < -0.3 is 14.4 Å². The van der Waals surface area contributed by atoms with Gasteiger partial charge in [0, 0.05) is 13.1 Å². The summed E-state index contributed by atoms with van der Waals surface area (Å²) in [6.07, 6.45) is 1.61. The molecule has 3 unspecified atom stereocenters. The Labute approximate surface area is 155 Å². The molecule has 0 radical (unpaired) electrons. The van der Waals surface area contributed by atoms with Crippen molar-refractivity contribution >= 4 is 17.5 Å². The number of morpholine rings is 1. The molecule has 2 aliphatic heterocycles. The fourth-order valence-corrected chi connectivity index (χ4v) is 3.67. The third-order valence-electron chi connectivity index (χ3n) is 5.54. The van der Waals surface area contributed by atoms with E-state index in [1.165, 1.54) is 6.07 Å². The van der Waals surface area contributed by atoms with Gasteiger partial charge in [0.25, 0.3) is 0 Å². The van der Waals surface area contributed by atoms with E-state index in [1.54, 1.807) is 17.0 Å². The number of rotatable bonds is 6. The van der Waals surface area contributed by atoms with Crippen LogP contribution in [-0.4, -0.2) is 45.0 Å². The van der Waals surface area contributed by atoms with E-state index in [9.17, 15) is 9.18 Å². The van der Waals surface area contributed by atoms with E-state index < -0.39 is 0 Å². The highest BCUT2D eigenvalue weighted by atomic mass is 19.1. The highest BCUT2D eigenvalue weighted by Gasteiger charge is 2.36. The minimum Gasteiger partial charge on any atom is -0.444 e. The van der Waals surface area contributed by atoms with Crippen LogP contribution in [0, 0.1) is 17.7 Å². The molecular formula is C20H29FN2O3. The van der Waals surface area contributed by atoms with Crippen molar-refractivity contribution in [2.45, 2.75) is 39.7 Å². The molecular weight excluding hydrogens is 335 g/mol. The molecule has 2 heterocycles. The maximum Gasteiger partial charge on any atom is 0.414 e. The third-order valence-corrected chi connectivity index (χ3v) is 5.54. The van der Waals surface area contributed by atoms with Crippen LogP contribution in [0.2, 0.25) is 0 Å². The summed E-state index contributed by atoms with van der Waals surface area (Å²) in [5.74, 6) is 0.577. The van der Waals surface area contributed by atoms with Crippen LogP contribution in [0.15, 0.2) is 18.2 Å². The van der Waals surface area contributed by atoms with E-state index in [0.29, 0.717) is 50.1 Å². The van der Waals surface area contributed by atoms with E-state index in [-0.39, 0.29) is 23.9 Å². The summed E-state index contributed by atoms with van der Waals surface area (Å²) in [6, 6.07) is 4.99. The highest BCUT2D eigenvalue weighted by Crippen LogP contribution is 2.31. The molecule has 0 bridgehead atoms. The molecule has 1 amide bonds. The van der Waals surface area contributed by atoms with Crippen LogP contribution in [0.3, 0.4) is 0 Å². The molecule has 1 aromatic carbocycles. The Bertz CT molecular complexity index is 633. The Hall–Kier alpha value is -1.82. The number of halogens is 1. The molecule has 0 aliphatic carbocycles. The molecule has 3 atom stereocenters. The molecule has 144 valence electrons. The highest BCUT2D eigenvalue weighted by molar-refractivity contribution is 5.90. The SMILES string of the molecule is CCC(C)CC(C)C1CN(c2ccc(N3CCOCC3)c(F)c2)C(=O)O1. The van der Waals surface area contributed by atoms with Gasteiger partial charge in [0.15, 0.2) is 0 Å². The van der Waals surface area contributed by atoms with Gasteiger partial charge in [-0.2, -0.15) is 0 Å². The quantitative estimate of drug-likeness (QED) is 0.763. The molecule has 0 aromatic heterocycles. The molecule has 2 saturated heterocycles. The van der Waals surface area contributed by atoms with Gasteiger partial charge in [-0.3, -0.25) is 4.90 Å². The summed E-state index contributed by atoms with van der Waals surface area (Å²) in [7, 11) is 0. The maximum absolute atomic E-state index is 14.6. The summed E-state index contributed by atoms with van der Waals surface area (Å²) in [6.45, 7) is 9.55. The Balaban J connectivity index is 1.69. The largest absolute Gasteiger partial charge is 0.444 e. The molecule has 5 nitrogen and oxygen atoms in total. The predicted molar refractivity (Wildman–Crippen MR) is 100 cm³/mol. The smallest absolute Gasteiger partial charge is 0.414 e. The summed E-state index contributed by atoms with van der Waals surface area (Å²) < 4.78 is 25.5. The first kappa shape index (κ1) is 19.0. The average molecular weight is 364 g/mol. The topological polar surface area (TPSA) is 42.0 Å². The second-order valence-electron chi connectivity index (χ2n) is 7.49. The van der Waals surface area contributed by atoms with Crippen molar-refractivity contribution in [1.29, 1.82) is 0 Å². The zero-order valence-electron chi connectivity index (χ0n) is 15.9. The van der Waals surface area contributed by atoms with Gasteiger partial charge in [-0.05, 0) is 36.5 Å². The number of cyclic esters (lactones) is 1. The number of anilines is 2. The van der Waals surface area contributed by atoms with Crippen LogP contribution in [0.4, 0.5) is 20.6 Å². The lowest BCUT2D eigenvalue weighted by atomic mass is 9.91. The van der Waals surface area contributed by atoms with Crippen molar-refractivity contribution < 1.29 is 18.7 Å². The van der Waals surface area contributed by atoms with Crippen LogP contribution < -0.4 is 9.80 Å². The van der Waals surface area contributed by atoms with Crippen molar-refractivity contribution in [3.8, 4) is 0 Å². The monoisotopic (exact) mass is 364 g/mol. The van der Waals surface area contributed by atoms with Crippen LogP contribution in [0.1, 0.15) is 33.6 Å². The fraction of sp³-hybridized carbons (Fsp3) is 0.650. The van der Waals surface area contributed by atoms with E-state index in [4.69, 9.17) is 9.47 Å². The fourth-order valence-electron chi connectivity index (χ4n) is 3.67. The van der Waals surface area contributed by atoms with Crippen LogP contribution in [0.25, 0.3) is 0 Å². The van der Waals surface area contributed by atoms with Crippen molar-refractivity contribution in [3.05, 3.63) is 24.0 Å². The first-order valence-corrected chi connectivity index (χ1v) is 9.60. The number of carbonyl (C=O) groups is 1. The summed E-state index contributed by atoms with van der Waals surface area (Å²) >= 11 is 0. The van der Waals surface area contributed by atoms with E-state index in [0.717, 1.165) is 12.8 Å². The minimum absolute atomic E-state index is 0.140. The zero-order valence-corrected chi connectivity index (χ0v) is 15.9. The van der Waals surface area contributed by atoms with E-state index in [1.807, 2.05) is 4.90 Å². The van der Waals surface area contributed by atoms with Gasteiger partial charge in [-0.25, -0.2) is 9.18 Å². The van der Waals surface area contributed by atoms with Crippen molar-refractivity contribution in [2.75, 3.05) is 42.6 Å². The zero-order chi connectivity index (χ0) is 18.7. The van der Waals surface area contributed by atoms with Gasteiger partial charge in [-0.15, -0.1) is 0 Å². The number of hydrogen-bond donors (Lipinski definition) is 0. The number of hydrogen-bond acceptors (Lipinski definition) is 4. The van der Waals surface area contributed by atoms with Gasteiger partial charge >= 0.3 is 6.09 Å². The number of amides is 1. The first-order chi connectivity index (χ1) is 12.5. The lowest BCUT2D eigenvalue weighted by molar-refractivity contribution is 0.102. The second kappa shape index (κ2) is 8.25. The Morgan fingerprint density at radius 3 is 2.65 bits per heavy atom. The molecule has 6 heteroatoms. The standard InChI is InChI=1S/C20H29FN2O3/c1-4-14(2)11-15(3)19-13-23(20(24)26-19)16-5-6-18(17(21)12-16)22-7-9-25-10-8-22/h5-6,12,14-15,19H,4,7-11,13H2,1-3H3. The van der Waals surface area contributed by atoms with E-state index >= 15 is 0 Å². The predicted octanol–water partition coefficient (Wildman–Crippen LogP) is 4.06. The summed E-state index contributed by atoms with van der Waals surface area (Å²) in [5.41, 5.74) is 1.12. The van der Waals surface area contributed by atoms with Crippen LogP contribution in [0.5, 0.6) is 0 Å². The number of ether oxygens (including phenoxy) is 2. The number of nitrogens with zero attached hydrogens (tertiary/aromatic N) is 2. The second-order valence-corrected chi connectivity index (χ2v) is 7.49. The Morgan fingerprint density at radius 1 is 1.27 bits per heavy atom. The Kier molecular flexibility index (Phi) is 6.01. The lowest BCUT2D eigenvalue weighted by Crippen LogP contribution is -2.36. The lowest BCUT2D eigenvalue weighted by Gasteiger charge is -2.29. The van der Waals surface area contributed by atoms with Gasteiger partial charge in [-0.1, -0.05) is 27.2 Å². The minimum atomic E-state index is -0.385. The van der Waals surface area contributed by atoms with Crippen molar-refractivity contribution in [3.63, 3.8) is 0 Å². The van der Waals surface area contributed by atoms with Crippen molar-refractivity contribution in [2.24, 2.45) is 11.8 Å². The van der Waals surface area contributed by atoms with Gasteiger partial charge in [0.2, 0.25) is 0 Å². The van der Waals surface area contributed by atoms with Crippen LogP contribution in [-0.2, 0) is 9.47 Å². The molecule has 0 N–H and O–H groups in total. The third kappa shape index (κ3) is 4.11. The van der Waals surface area contributed by atoms with Gasteiger partial charge in [0.1, 0.15) is 11.9 Å². The normalized spacial score (nSPS) is 23.1. The molecule has 2 aliphatic rings. The van der Waals surface area contributed by atoms with Crippen molar-refractivity contribution in [1.82, 2.24) is 0 Å². The number of benzene rings is 1. The summed E-state index contributed by atoms with van der Waals surface area (Å²) in [5, 5.41) is 0. The molecule has 26 heavy (non-hydrogen) atoms. The van der Waals surface area contributed by atoms with E-state index in [2.05, 4.69) is 20.8 Å². The van der Waals surface area contributed by atoms with Crippen LogP contribution >= 0.6 is 0 Å². The van der Waals surface area contributed by atoms with Gasteiger partial charge in [0.05, 0.1) is 31.1 Å². The molecule has 3 rings (SSSR count). The number of carbonyl (C=O) groups excluding carboxylic acids is 1. The summed E-state index contributed by atoms with van der Waals surface area (Å²) in [4.78, 5) is 15.8. The molecule has 0 spiro atoms. The average Bonchev–Trinajstić information content (AvgIpc) is 3.04. The molecule has 0 saturated carbocycles. The maximum atomic E-state index is 14.6. The Morgan fingerprint density at radius 2 is 2.00 bits per heavy atom. The molecule has 2 fully saturated rings. The first-order valence-electron chi connectivity index (χ1n) is 9.60. The molecule has 1 aromatic rings.